The molecule has 12 N–H and O–H groups in total. The van der Waals surface area contributed by atoms with E-state index in [9.17, 15) is 61.3 Å². The van der Waals surface area contributed by atoms with E-state index in [4.69, 9.17) is 47.4 Å². The van der Waals surface area contributed by atoms with Crippen LogP contribution in [0.2, 0.25) is 0 Å². The van der Waals surface area contributed by atoms with E-state index in [1.807, 2.05) is 6.92 Å². The summed E-state index contributed by atoms with van der Waals surface area (Å²) in [4.78, 5) is 0. The molecule has 6 saturated heterocycles. The van der Waals surface area contributed by atoms with Crippen LogP contribution in [0.15, 0.2) is 11.6 Å². The van der Waals surface area contributed by atoms with Gasteiger partial charge in [-0.3, -0.25) is 0 Å². The van der Waals surface area contributed by atoms with Crippen molar-refractivity contribution < 1.29 is 109 Å². The Hall–Kier alpha value is -1.14. The van der Waals surface area contributed by atoms with E-state index in [1.54, 1.807) is 6.92 Å². The van der Waals surface area contributed by atoms with Crippen LogP contribution in [0.3, 0.4) is 0 Å². The fourth-order valence-corrected chi connectivity index (χ4v) is 15.2. The summed E-state index contributed by atoms with van der Waals surface area (Å²) in [5.41, 5.74) is 0.128. The lowest BCUT2D eigenvalue weighted by atomic mass is 9.46. The Balaban J connectivity index is 0.895. The molecule has 0 unspecified atom stereocenters. The van der Waals surface area contributed by atoms with Gasteiger partial charge in [-0.15, -0.1) is 0 Å². The first-order valence-electron chi connectivity index (χ1n) is 25.9. The van der Waals surface area contributed by atoms with E-state index in [1.165, 1.54) is 6.92 Å². The van der Waals surface area contributed by atoms with E-state index in [0.29, 0.717) is 12.8 Å². The predicted octanol–water partition coefficient (Wildman–Crippen LogP) is -2.74. The van der Waals surface area contributed by atoms with Crippen molar-refractivity contribution in [3.8, 4) is 0 Å². The topological polar surface area (TPSA) is 335 Å². The maximum atomic E-state index is 12.2. The number of rotatable bonds is 8. The zero-order valence-corrected chi connectivity index (χ0v) is 41.1. The fraction of sp³-hybridized carbons (Fsp3) is 0.959. The molecule has 0 amide bonds. The second-order valence-corrected chi connectivity index (χ2v) is 23.2. The first-order chi connectivity index (χ1) is 33.5. The molecule has 6 aliphatic heterocycles. The van der Waals surface area contributed by atoms with Gasteiger partial charge in [0.2, 0.25) is 0 Å². The van der Waals surface area contributed by atoms with Gasteiger partial charge < -0.3 is 109 Å². The molecule has 71 heavy (non-hydrogen) atoms. The van der Waals surface area contributed by atoms with Gasteiger partial charge in [-0.05, 0) is 75.0 Å². The third-order valence-corrected chi connectivity index (χ3v) is 19.2. The summed E-state index contributed by atoms with van der Waals surface area (Å²) in [5.74, 6) is -1.70. The van der Waals surface area contributed by atoms with Crippen molar-refractivity contribution in [2.75, 3.05) is 19.8 Å². The zero-order valence-electron chi connectivity index (χ0n) is 41.1. The van der Waals surface area contributed by atoms with Crippen LogP contribution in [-0.4, -0.2) is 228 Å². The Morgan fingerprint density at radius 2 is 1.18 bits per heavy atom. The fourth-order valence-electron chi connectivity index (χ4n) is 15.2. The minimum Gasteiger partial charge on any atom is -0.393 e. The van der Waals surface area contributed by atoms with Gasteiger partial charge in [0, 0.05) is 23.7 Å². The summed E-state index contributed by atoms with van der Waals surface area (Å²) in [6.45, 7) is 10.9. The van der Waals surface area contributed by atoms with Crippen LogP contribution >= 0.6 is 0 Å². The van der Waals surface area contributed by atoms with Crippen molar-refractivity contribution in [3.63, 3.8) is 0 Å². The van der Waals surface area contributed by atoms with Crippen LogP contribution in [0.4, 0.5) is 0 Å². The highest BCUT2D eigenvalue weighted by Crippen LogP contribution is 2.71. The van der Waals surface area contributed by atoms with E-state index < -0.39 is 153 Å². The summed E-state index contributed by atoms with van der Waals surface area (Å²) < 4.78 is 62.7. The lowest BCUT2D eigenvalue weighted by Gasteiger charge is -2.61. The minimum atomic E-state index is -1.77. The van der Waals surface area contributed by atoms with E-state index in [2.05, 4.69) is 26.8 Å². The lowest BCUT2D eigenvalue weighted by molar-refractivity contribution is -0.382. The SMILES string of the molecule is C[C@@H]1O[C@@H](O[C@H]2[C@H](O[C@@H]3C[C@H](O)CC4=CC[C@H]5[C@H]6C[C@H]7O[C@@]8(OC[C@H](C)[C@H](O[C@@H]9O[C@H](C)[C@H](O)[C@H](O)[C@H]9O)[C@@H]8O)[C@@H](C)[C@@H]7[C@@]6(C)CC[C@@H]5[C@]43C)OC[C@H](O)[C@@H]2O[C@@H]2OC[C@@H](O)[C@H](O)[C@H]2O)[C@H](O)[C@H](O)[C@H]1O. The molecule has 0 aromatic carbocycles. The van der Waals surface area contributed by atoms with Crippen LogP contribution in [0.5, 0.6) is 0 Å². The van der Waals surface area contributed by atoms with Crippen LogP contribution in [0.1, 0.15) is 80.1 Å². The highest BCUT2D eigenvalue weighted by Gasteiger charge is 2.72. The largest absolute Gasteiger partial charge is 0.393 e. The second-order valence-electron chi connectivity index (χ2n) is 23.2. The molecule has 0 aromatic rings. The molecule has 10 aliphatic rings. The number of aliphatic hydroxyl groups excluding tert-OH is 12. The van der Waals surface area contributed by atoms with Gasteiger partial charge in [-0.25, -0.2) is 0 Å². The first-order valence-corrected chi connectivity index (χ1v) is 25.9. The average molecular weight is 1020 g/mol. The van der Waals surface area contributed by atoms with E-state index >= 15 is 0 Å². The van der Waals surface area contributed by atoms with Crippen molar-refractivity contribution >= 4 is 0 Å². The van der Waals surface area contributed by atoms with Gasteiger partial charge in [0.05, 0.1) is 56.4 Å². The third-order valence-electron chi connectivity index (χ3n) is 19.2. The molecule has 22 nitrogen and oxygen atoms in total. The van der Waals surface area contributed by atoms with Crippen molar-refractivity contribution in [1.29, 1.82) is 0 Å². The van der Waals surface area contributed by atoms with Gasteiger partial charge in [-0.2, -0.15) is 0 Å². The van der Waals surface area contributed by atoms with Crippen LogP contribution in [0, 0.1) is 46.3 Å². The number of aliphatic hydroxyl groups is 12. The molecule has 0 aromatic heterocycles. The Bertz CT molecular complexity index is 1920. The highest BCUT2D eigenvalue weighted by atomic mass is 16.8. The van der Waals surface area contributed by atoms with Gasteiger partial charge >= 0.3 is 0 Å². The lowest BCUT2D eigenvalue weighted by Crippen LogP contribution is -2.65. The average Bonchev–Trinajstić information content (AvgIpc) is 3.79. The van der Waals surface area contributed by atoms with E-state index in [0.717, 1.165) is 24.8 Å². The van der Waals surface area contributed by atoms with Gasteiger partial charge in [0.25, 0.3) is 0 Å². The molecule has 32 atom stereocenters. The standard InChI is InChI=1S/C49H78O22/c1-17-14-64-49(42(61)39(17)68-44-37(59)34(56)31(53)19(3)65-44)18(2)30-28(71-49)13-25-23-8-7-21-11-22(50)12-29(48(21,6)24(23)9-10-47(25,30)5)67-46-41(70-45-38(60)35(57)32(54)20(4)66-45)40(27(52)16-63-46)69-43-36(58)33(55)26(51)15-62-43/h7,17-20,22-46,50-61H,8-16H2,1-6H3/t17-,18-,19+,20-,22+,23+,24-,25+,26+,27-,28+,29+,30-,31-,32-,33-,34-,35+,36+,37+,38+,39-,40-,41+,42-,43-,44-,45-,46-,47-,48-,49-/m0/s1. The molecule has 6 heterocycles. The van der Waals surface area contributed by atoms with Crippen molar-refractivity contribution in [2.45, 2.75) is 227 Å². The van der Waals surface area contributed by atoms with Crippen molar-refractivity contribution in [1.82, 2.24) is 0 Å². The summed E-state index contributed by atoms with van der Waals surface area (Å²) >= 11 is 0. The molecular weight excluding hydrogens is 941 g/mol. The smallest absolute Gasteiger partial charge is 0.200 e. The van der Waals surface area contributed by atoms with Crippen LogP contribution in [-0.2, 0) is 47.4 Å². The summed E-state index contributed by atoms with van der Waals surface area (Å²) in [7, 11) is 0. The summed E-state index contributed by atoms with van der Waals surface area (Å²) in [5, 5.41) is 131. The van der Waals surface area contributed by atoms with Crippen LogP contribution in [0.25, 0.3) is 0 Å². The first kappa shape index (κ1) is 53.3. The Morgan fingerprint density at radius 1 is 0.592 bits per heavy atom. The molecule has 0 radical (unpaired) electrons. The molecule has 1 spiro atoms. The van der Waals surface area contributed by atoms with Crippen molar-refractivity contribution in [3.05, 3.63) is 11.6 Å². The van der Waals surface area contributed by atoms with E-state index in [-0.39, 0.29) is 66.7 Å². The Kier molecular flexibility index (Phi) is 14.8. The molecule has 22 heteroatoms. The maximum absolute atomic E-state index is 12.2. The third kappa shape index (κ3) is 8.63. The molecule has 9 fully saturated rings. The molecular formula is C49H78O22. The monoisotopic (exact) mass is 1020 g/mol. The maximum Gasteiger partial charge on any atom is 0.200 e. The molecule has 0 bridgehead atoms. The second kappa shape index (κ2) is 19.7. The predicted molar refractivity (Wildman–Crippen MR) is 238 cm³/mol. The number of hydrogen-bond donors (Lipinski definition) is 12. The summed E-state index contributed by atoms with van der Waals surface area (Å²) in [6, 6.07) is 0. The molecule has 4 aliphatic carbocycles. The Morgan fingerprint density at radius 3 is 1.85 bits per heavy atom. The zero-order chi connectivity index (χ0) is 51.0. The quantitative estimate of drug-likeness (QED) is 0.110. The molecule has 10 rings (SSSR count). The number of ether oxygens (including phenoxy) is 10. The highest BCUT2D eigenvalue weighted by molar-refractivity contribution is 5.29. The normalized spacial score (nSPS) is 59.5. The number of hydrogen-bond acceptors (Lipinski definition) is 22. The number of allylic oxidation sites excluding steroid dienone is 1. The van der Waals surface area contributed by atoms with Crippen molar-refractivity contribution in [2.24, 2.45) is 46.3 Å². The Labute approximate surface area is 412 Å². The van der Waals surface area contributed by atoms with Gasteiger partial charge in [0.1, 0.15) is 79.4 Å². The van der Waals surface area contributed by atoms with Gasteiger partial charge in [0.15, 0.2) is 30.9 Å². The number of fused-ring (bicyclic) bond motifs is 7. The van der Waals surface area contributed by atoms with Gasteiger partial charge in [-0.1, -0.05) is 39.3 Å². The van der Waals surface area contributed by atoms with Crippen LogP contribution < -0.4 is 0 Å². The molecule has 406 valence electrons. The summed E-state index contributed by atoms with van der Waals surface area (Å²) in [6.07, 6.45) is -24.1. The molecule has 3 saturated carbocycles. The minimum absolute atomic E-state index is 0.0169.